The van der Waals surface area contributed by atoms with E-state index in [1.807, 2.05) is 32.0 Å². The Hall–Kier alpha value is -2.66. The van der Waals surface area contributed by atoms with Crippen molar-refractivity contribution >= 4 is 50.7 Å². The topological polar surface area (TPSA) is 79.8 Å². The molecule has 0 radical (unpaired) electrons. The van der Waals surface area contributed by atoms with Crippen LogP contribution in [0.3, 0.4) is 0 Å². The second-order valence-corrected chi connectivity index (χ2v) is 9.19. The Morgan fingerprint density at radius 1 is 1.30 bits per heavy atom. The van der Waals surface area contributed by atoms with Crippen LogP contribution in [0.4, 0.5) is 0 Å². The number of benzene rings is 2. The molecule has 150 valence electrons. The summed E-state index contributed by atoms with van der Waals surface area (Å²) in [6.45, 7) is 3.77. The Morgan fingerprint density at radius 3 is 2.83 bits per heavy atom. The lowest BCUT2D eigenvalue weighted by Crippen LogP contribution is -2.12. The number of aromatic nitrogens is 2. The third kappa shape index (κ3) is 3.99. The van der Waals surface area contributed by atoms with Crippen molar-refractivity contribution in [3.05, 3.63) is 75.1 Å². The van der Waals surface area contributed by atoms with Gasteiger partial charge in [-0.25, -0.2) is 4.98 Å². The smallest absolute Gasteiger partial charge is 0.188 e. The van der Waals surface area contributed by atoms with Crippen LogP contribution in [0.1, 0.15) is 38.3 Å². The van der Waals surface area contributed by atoms with Gasteiger partial charge >= 0.3 is 0 Å². The van der Waals surface area contributed by atoms with E-state index in [0.717, 1.165) is 26.6 Å². The molecule has 30 heavy (non-hydrogen) atoms. The summed E-state index contributed by atoms with van der Waals surface area (Å²) in [7, 11) is 0. The number of thioether (sulfide) groups is 1. The number of Topliss-reactive ketones (excluding diaryl/α,β-unsaturated/α-hetero) is 1. The average Bonchev–Trinajstić information content (AvgIpc) is 3.29. The maximum absolute atomic E-state index is 13.3. The number of hydrogen-bond donors (Lipinski definition) is 0. The Balaban J connectivity index is 1.64. The zero-order chi connectivity index (χ0) is 21.3. The molecule has 0 saturated heterocycles. The highest BCUT2D eigenvalue weighted by atomic mass is 35.5. The first-order valence-electron chi connectivity index (χ1n) is 9.11. The van der Waals surface area contributed by atoms with E-state index in [1.165, 1.54) is 23.1 Å². The van der Waals surface area contributed by atoms with Crippen LogP contribution >= 0.6 is 34.7 Å². The number of nitrogens with zero attached hydrogens (tertiary/aromatic N) is 3. The molecule has 5 nitrogen and oxygen atoms in total. The van der Waals surface area contributed by atoms with Gasteiger partial charge < -0.3 is 4.52 Å². The number of halogens is 1. The molecule has 1 atom stereocenters. The Labute approximate surface area is 186 Å². The molecule has 4 aromatic rings. The molecule has 2 aromatic carbocycles. The monoisotopic (exact) mass is 453 g/mol. The van der Waals surface area contributed by atoms with Crippen molar-refractivity contribution in [2.75, 3.05) is 0 Å². The second kappa shape index (κ2) is 8.60. The van der Waals surface area contributed by atoms with Gasteiger partial charge in [-0.2, -0.15) is 5.26 Å². The molecule has 0 fully saturated rings. The van der Waals surface area contributed by atoms with Crippen LogP contribution in [-0.4, -0.2) is 15.9 Å². The highest BCUT2D eigenvalue weighted by Gasteiger charge is 2.27. The second-order valence-electron chi connectivity index (χ2n) is 6.68. The predicted molar refractivity (Wildman–Crippen MR) is 119 cm³/mol. The summed E-state index contributed by atoms with van der Waals surface area (Å²) < 4.78 is 6.11. The molecular weight excluding hydrogens is 438 g/mol. The third-order valence-corrected chi connectivity index (χ3v) is 7.15. The fourth-order valence-electron chi connectivity index (χ4n) is 3.08. The maximum atomic E-state index is 13.3. The number of carbonyl (C=O) groups excluding carboxylic acids is 1. The third-order valence-electron chi connectivity index (χ3n) is 4.71. The minimum atomic E-state index is -0.970. The van der Waals surface area contributed by atoms with Gasteiger partial charge in [0, 0.05) is 26.8 Å². The Morgan fingerprint density at radius 2 is 2.10 bits per heavy atom. The number of aryl methyl sites for hydroxylation is 2. The molecule has 8 heteroatoms. The van der Waals surface area contributed by atoms with Crippen LogP contribution in [-0.2, 0) is 5.75 Å². The predicted octanol–water partition coefficient (Wildman–Crippen LogP) is 6.34. The van der Waals surface area contributed by atoms with Gasteiger partial charge in [0.2, 0.25) is 0 Å². The van der Waals surface area contributed by atoms with Crippen LogP contribution in [0.15, 0.2) is 51.9 Å². The highest BCUT2D eigenvalue weighted by Crippen LogP contribution is 2.34. The van der Waals surface area contributed by atoms with Gasteiger partial charge in [0.1, 0.15) is 10.8 Å². The lowest BCUT2D eigenvalue weighted by Gasteiger charge is -2.10. The van der Waals surface area contributed by atoms with Gasteiger partial charge in [0.05, 0.1) is 22.0 Å². The molecule has 0 saturated carbocycles. The Bertz CT molecular complexity index is 1270. The average molecular weight is 454 g/mol. The number of thiazole rings is 1. The van der Waals surface area contributed by atoms with Crippen molar-refractivity contribution < 1.29 is 9.32 Å². The summed E-state index contributed by atoms with van der Waals surface area (Å²) in [6.07, 6.45) is 0. The molecule has 2 heterocycles. The van der Waals surface area contributed by atoms with Crippen LogP contribution < -0.4 is 0 Å². The van der Waals surface area contributed by atoms with E-state index in [0.29, 0.717) is 26.9 Å². The summed E-state index contributed by atoms with van der Waals surface area (Å²) >= 11 is 8.91. The van der Waals surface area contributed by atoms with Gasteiger partial charge in [0.25, 0.3) is 0 Å². The molecule has 2 aromatic heterocycles. The first-order chi connectivity index (χ1) is 14.5. The number of nitriles is 1. The van der Waals surface area contributed by atoms with Crippen LogP contribution in [0, 0.1) is 25.2 Å². The molecular formula is C22H16ClN3O2S2. The molecule has 0 aliphatic carbocycles. The first kappa shape index (κ1) is 20.6. The number of ketones is 1. The van der Waals surface area contributed by atoms with Gasteiger partial charge in [0.15, 0.2) is 11.7 Å². The minimum absolute atomic E-state index is 0.260. The normalized spacial score (nSPS) is 12.1. The van der Waals surface area contributed by atoms with Crippen molar-refractivity contribution in [3.63, 3.8) is 0 Å². The quantitative estimate of drug-likeness (QED) is 0.250. The summed E-state index contributed by atoms with van der Waals surface area (Å²) in [6, 6.07) is 14.8. The highest BCUT2D eigenvalue weighted by molar-refractivity contribution is 7.98. The standard InChI is InChI=1S/C22H16ClN3O2S2/c1-12-17(13(2)28-26-12)11-29-19-6-4-3-5-15(19)21(27)16(10-24)22-25-18-9-14(23)7-8-20(18)30-22/h3-9,16H,11H2,1-2H3. The summed E-state index contributed by atoms with van der Waals surface area (Å²) in [5.74, 6) is 0.167. The van der Waals surface area contributed by atoms with Gasteiger partial charge in [-0.15, -0.1) is 23.1 Å². The molecule has 0 amide bonds. The number of carbonyl (C=O) groups is 1. The van der Waals surface area contributed by atoms with E-state index >= 15 is 0 Å². The molecule has 0 aliphatic heterocycles. The van der Waals surface area contributed by atoms with E-state index in [1.54, 1.807) is 24.3 Å². The van der Waals surface area contributed by atoms with E-state index in [2.05, 4.69) is 16.2 Å². The Kier molecular flexibility index (Phi) is 5.91. The van der Waals surface area contributed by atoms with E-state index in [4.69, 9.17) is 16.1 Å². The number of fused-ring (bicyclic) bond motifs is 1. The summed E-state index contributed by atoms with van der Waals surface area (Å²) in [5, 5.41) is 14.8. The zero-order valence-electron chi connectivity index (χ0n) is 16.2. The lowest BCUT2D eigenvalue weighted by atomic mass is 9.99. The maximum Gasteiger partial charge on any atom is 0.188 e. The van der Waals surface area contributed by atoms with Crippen LogP contribution in [0.2, 0.25) is 5.02 Å². The van der Waals surface area contributed by atoms with E-state index < -0.39 is 5.92 Å². The summed E-state index contributed by atoms with van der Waals surface area (Å²) in [5.41, 5.74) is 3.06. The largest absolute Gasteiger partial charge is 0.361 e. The first-order valence-corrected chi connectivity index (χ1v) is 11.3. The van der Waals surface area contributed by atoms with Gasteiger partial charge in [-0.05, 0) is 38.1 Å². The van der Waals surface area contributed by atoms with E-state index in [-0.39, 0.29) is 5.78 Å². The minimum Gasteiger partial charge on any atom is -0.361 e. The van der Waals surface area contributed by atoms with Gasteiger partial charge in [-0.3, -0.25) is 4.79 Å². The van der Waals surface area contributed by atoms with E-state index in [9.17, 15) is 10.1 Å². The fourth-order valence-corrected chi connectivity index (χ4v) is 5.45. The molecule has 4 rings (SSSR count). The fraction of sp³-hybridized carbons (Fsp3) is 0.182. The molecule has 0 bridgehead atoms. The molecule has 0 aliphatic rings. The van der Waals surface area contributed by atoms with Crippen molar-refractivity contribution in [2.45, 2.75) is 30.4 Å². The molecule has 0 N–H and O–H groups in total. The van der Waals surface area contributed by atoms with Crippen molar-refractivity contribution in [3.8, 4) is 6.07 Å². The van der Waals surface area contributed by atoms with Crippen LogP contribution in [0.25, 0.3) is 10.2 Å². The van der Waals surface area contributed by atoms with Crippen LogP contribution in [0.5, 0.6) is 0 Å². The molecule has 1 unspecified atom stereocenters. The SMILES string of the molecule is Cc1noc(C)c1CSc1ccccc1C(=O)C(C#N)c1nc2cc(Cl)ccc2s1. The van der Waals surface area contributed by atoms with Gasteiger partial charge in [-0.1, -0.05) is 35.0 Å². The molecule has 0 spiro atoms. The number of rotatable bonds is 6. The summed E-state index contributed by atoms with van der Waals surface area (Å²) in [4.78, 5) is 18.6. The zero-order valence-corrected chi connectivity index (χ0v) is 18.6. The van der Waals surface area contributed by atoms with Crippen molar-refractivity contribution in [1.82, 2.24) is 10.1 Å². The number of hydrogen-bond acceptors (Lipinski definition) is 7. The van der Waals surface area contributed by atoms with Crippen molar-refractivity contribution in [2.24, 2.45) is 0 Å². The van der Waals surface area contributed by atoms with Crippen molar-refractivity contribution in [1.29, 1.82) is 5.26 Å². The lowest BCUT2D eigenvalue weighted by molar-refractivity contribution is 0.0976.